The molecule has 1 aliphatic rings. The Kier molecular flexibility index (Phi) is 10.0. The molecule has 0 atom stereocenters. The lowest BCUT2D eigenvalue weighted by Gasteiger charge is -2.30. The first-order valence-corrected chi connectivity index (χ1v) is 12.8. The van der Waals surface area contributed by atoms with Crippen molar-refractivity contribution in [3.63, 3.8) is 0 Å². The Morgan fingerprint density at radius 1 is 0.909 bits per heavy atom. The van der Waals surface area contributed by atoms with E-state index in [1.54, 1.807) is 0 Å². The van der Waals surface area contributed by atoms with Crippen LogP contribution in [0.3, 0.4) is 0 Å². The van der Waals surface area contributed by atoms with Gasteiger partial charge in [-0.05, 0) is 24.5 Å². The lowest BCUT2D eigenvalue weighted by molar-refractivity contribution is 0.569. The summed E-state index contributed by atoms with van der Waals surface area (Å²) in [7, 11) is -1.36. The van der Waals surface area contributed by atoms with Gasteiger partial charge in [0, 0.05) is 12.3 Å². The zero-order chi connectivity index (χ0) is 16.3. The van der Waals surface area contributed by atoms with E-state index in [1.165, 1.54) is 93.6 Å². The van der Waals surface area contributed by atoms with Gasteiger partial charge in [0.15, 0.2) is 0 Å². The number of aliphatic imine (C=N–C) groups is 1. The summed E-state index contributed by atoms with van der Waals surface area (Å²) in [5.74, 6) is 0. The molecule has 0 aliphatic carbocycles. The summed E-state index contributed by atoms with van der Waals surface area (Å²) >= 11 is 0. The normalized spacial score (nSPS) is 19.0. The maximum Gasteiger partial charge on any atom is 0.0852 e. The van der Waals surface area contributed by atoms with Gasteiger partial charge < -0.3 is 0 Å². The Morgan fingerprint density at radius 3 is 1.95 bits per heavy atom. The van der Waals surface area contributed by atoms with Crippen molar-refractivity contribution in [1.82, 2.24) is 0 Å². The molecule has 22 heavy (non-hydrogen) atoms. The molecule has 1 nitrogen and oxygen atoms in total. The molecule has 0 unspecified atom stereocenters. The van der Waals surface area contributed by atoms with Crippen LogP contribution in [0.25, 0.3) is 0 Å². The Bertz CT molecular complexity index is 340. The van der Waals surface area contributed by atoms with Crippen LogP contribution in [0.5, 0.6) is 0 Å². The second kappa shape index (κ2) is 11.2. The SMILES string of the molecule is C=C(C1=NCCCCCCCCCC1)[Si](C)(CCC)CCC. The Labute approximate surface area is 140 Å². The van der Waals surface area contributed by atoms with E-state index in [4.69, 9.17) is 4.99 Å². The van der Waals surface area contributed by atoms with Crippen molar-refractivity contribution in [3.8, 4) is 0 Å². The Hall–Kier alpha value is -0.373. The van der Waals surface area contributed by atoms with Crippen molar-refractivity contribution in [1.29, 1.82) is 0 Å². The predicted octanol–water partition coefficient (Wildman–Crippen LogP) is 6.95. The largest absolute Gasteiger partial charge is 0.290 e. The second-order valence-corrected chi connectivity index (χ2v) is 12.2. The van der Waals surface area contributed by atoms with E-state index in [2.05, 4.69) is 27.0 Å². The summed E-state index contributed by atoms with van der Waals surface area (Å²) < 4.78 is 0. The standard InChI is InChI=1S/C20H39NSi/c1-5-17-22(4,18-6-2)19(3)20-15-13-11-9-7-8-10-12-14-16-21-20/h3,5-18H2,1-2,4H3. The summed E-state index contributed by atoms with van der Waals surface area (Å²) in [6.45, 7) is 12.8. The van der Waals surface area contributed by atoms with Crippen LogP contribution in [0.2, 0.25) is 18.6 Å². The zero-order valence-electron chi connectivity index (χ0n) is 15.6. The van der Waals surface area contributed by atoms with Crippen LogP contribution in [-0.2, 0) is 0 Å². The van der Waals surface area contributed by atoms with Gasteiger partial charge >= 0.3 is 0 Å². The Balaban J connectivity index is 2.78. The van der Waals surface area contributed by atoms with Gasteiger partial charge in [0.25, 0.3) is 0 Å². The molecule has 0 saturated carbocycles. The van der Waals surface area contributed by atoms with E-state index in [-0.39, 0.29) is 0 Å². The highest BCUT2D eigenvalue weighted by Crippen LogP contribution is 2.29. The van der Waals surface area contributed by atoms with Gasteiger partial charge in [-0.25, -0.2) is 0 Å². The van der Waals surface area contributed by atoms with Crippen molar-refractivity contribution in [3.05, 3.63) is 11.8 Å². The molecule has 2 heteroatoms. The van der Waals surface area contributed by atoms with Gasteiger partial charge in [0.2, 0.25) is 0 Å². The first kappa shape index (κ1) is 19.7. The summed E-state index contributed by atoms with van der Waals surface area (Å²) in [6, 6.07) is 2.78. The van der Waals surface area contributed by atoms with Crippen LogP contribution < -0.4 is 0 Å². The number of hydrogen-bond acceptors (Lipinski definition) is 1. The molecular weight excluding hydrogens is 282 g/mol. The van der Waals surface area contributed by atoms with E-state index < -0.39 is 8.07 Å². The molecule has 0 N–H and O–H groups in total. The highest BCUT2D eigenvalue weighted by atomic mass is 28.3. The molecule has 0 aromatic rings. The molecule has 0 radical (unpaired) electrons. The fraction of sp³-hybridized carbons (Fsp3) is 0.850. The van der Waals surface area contributed by atoms with Gasteiger partial charge in [-0.2, -0.15) is 0 Å². The summed E-state index contributed by atoms with van der Waals surface area (Å²) in [5, 5.41) is 1.49. The van der Waals surface area contributed by atoms with Gasteiger partial charge in [0.05, 0.1) is 8.07 Å². The fourth-order valence-corrected chi connectivity index (χ4v) is 7.84. The minimum absolute atomic E-state index is 1.04. The van der Waals surface area contributed by atoms with Crippen LogP contribution in [-0.4, -0.2) is 20.3 Å². The lowest BCUT2D eigenvalue weighted by Crippen LogP contribution is -2.36. The zero-order valence-corrected chi connectivity index (χ0v) is 16.6. The van der Waals surface area contributed by atoms with Crippen LogP contribution in [0.4, 0.5) is 0 Å². The molecule has 128 valence electrons. The molecular formula is C20H39NSi. The van der Waals surface area contributed by atoms with E-state index in [1.807, 2.05) is 0 Å². The van der Waals surface area contributed by atoms with E-state index in [0.717, 1.165) is 6.54 Å². The predicted molar refractivity (Wildman–Crippen MR) is 105 cm³/mol. The van der Waals surface area contributed by atoms with E-state index in [9.17, 15) is 0 Å². The van der Waals surface area contributed by atoms with Gasteiger partial charge in [-0.15, -0.1) is 0 Å². The molecule has 0 saturated heterocycles. The molecule has 1 aliphatic heterocycles. The number of nitrogens with zero attached hydrogens (tertiary/aromatic N) is 1. The molecule has 0 fully saturated rings. The quantitative estimate of drug-likeness (QED) is 0.469. The molecule has 0 spiro atoms. The minimum Gasteiger partial charge on any atom is -0.290 e. The molecule has 0 aromatic heterocycles. The third-order valence-corrected chi connectivity index (χ3v) is 10.3. The van der Waals surface area contributed by atoms with Crippen molar-refractivity contribution < 1.29 is 0 Å². The molecule has 1 heterocycles. The van der Waals surface area contributed by atoms with Crippen LogP contribution in [0.15, 0.2) is 16.8 Å². The maximum absolute atomic E-state index is 5.04. The minimum atomic E-state index is -1.36. The highest BCUT2D eigenvalue weighted by molar-refractivity contribution is 6.89. The number of allylic oxidation sites excluding steroid dienone is 1. The summed E-state index contributed by atoms with van der Waals surface area (Å²) in [6.07, 6.45) is 14.8. The van der Waals surface area contributed by atoms with Crippen molar-refractivity contribution >= 4 is 13.8 Å². The third-order valence-electron chi connectivity index (χ3n) is 5.30. The molecule has 0 aromatic carbocycles. The summed E-state index contributed by atoms with van der Waals surface area (Å²) in [4.78, 5) is 5.04. The fourth-order valence-electron chi connectivity index (χ4n) is 3.88. The second-order valence-electron chi connectivity index (χ2n) is 7.45. The monoisotopic (exact) mass is 321 g/mol. The van der Waals surface area contributed by atoms with E-state index in [0.29, 0.717) is 0 Å². The molecule has 1 rings (SSSR count). The summed E-state index contributed by atoms with van der Waals surface area (Å²) in [5.41, 5.74) is 1.41. The molecule has 0 bridgehead atoms. The molecule has 0 amide bonds. The van der Waals surface area contributed by atoms with Gasteiger partial charge in [-0.3, -0.25) is 4.99 Å². The third kappa shape index (κ3) is 6.81. The maximum atomic E-state index is 5.04. The topological polar surface area (TPSA) is 12.4 Å². The lowest BCUT2D eigenvalue weighted by atomic mass is 10.0. The van der Waals surface area contributed by atoms with Gasteiger partial charge in [0.1, 0.15) is 0 Å². The average Bonchev–Trinajstić information content (AvgIpc) is 2.48. The Morgan fingerprint density at radius 2 is 1.41 bits per heavy atom. The van der Waals surface area contributed by atoms with Crippen LogP contribution in [0.1, 0.15) is 84.5 Å². The smallest absolute Gasteiger partial charge is 0.0852 e. The number of rotatable bonds is 6. The van der Waals surface area contributed by atoms with Crippen LogP contribution >= 0.6 is 0 Å². The van der Waals surface area contributed by atoms with E-state index >= 15 is 0 Å². The number of hydrogen-bond donors (Lipinski definition) is 0. The van der Waals surface area contributed by atoms with Crippen molar-refractivity contribution in [2.75, 3.05) is 6.54 Å². The van der Waals surface area contributed by atoms with Crippen molar-refractivity contribution in [2.24, 2.45) is 4.99 Å². The average molecular weight is 322 g/mol. The first-order valence-electron chi connectivity index (χ1n) is 9.87. The van der Waals surface area contributed by atoms with Crippen molar-refractivity contribution in [2.45, 2.75) is 103 Å². The highest BCUT2D eigenvalue weighted by Gasteiger charge is 2.30. The van der Waals surface area contributed by atoms with Crippen LogP contribution in [0, 0.1) is 0 Å². The first-order chi connectivity index (χ1) is 10.6. The van der Waals surface area contributed by atoms with Gasteiger partial charge in [-0.1, -0.05) is 90.4 Å².